The molecule has 0 amide bonds. The normalized spacial score (nSPS) is 13.9. The number of likely N-dealkylation sites (N-methyl/N-ethyl adjacent to an activating group) is 1. The summed E-state index contributed by atoms with van der Waals surface area (Å²) in [5.74, 6) is -0.583. The first-order valence-electron chi connectivity index (χ1n) is 9.40. The van der Waals surface area contributed by atoms with E-state index in [1.807, 2.05) is 30.2 Å². The molecule has 1 aliphatic rings. The Morgan fingerprint density at radius 2 is 1.97 bits per heavy atom. The van der Waals surface area contributed by atoms with Crippen LogP contribution in [-0.4, -0.2) is 53.2 Å². The fourth-order valence-corrected chi connectivity index (χ4v) is 2.94. The number of ketones is 2. The van der Waals surface area contributed by atoms with Crippen molar-refractivity contribution in [2.45, 2.75) is 13.3 Å². The number of nitrogen functional groups attached to an aromatic ring is 1. The van der Waals surface area contributed by atoms with Gasteiger partial charge < -0.3 is 26.0 Å². The first-order chi connectivity index (χ1) is 13.9. The molecule has 1 aromatic carbocycles. The molecule has 0 spiro atoms. The highest BCUT2D eigenvalue weighted by atomic mass is 16.3. The van der Waals surface area contributed by atoms with Gasteiger partial charge in [-0.3, -0.25) is 9.59 Å². The number of nitrogens with zero attached hydrogens (tertiary/aromatic N) is 2. The molecule has 7 nitrogen and oxygen atoms in total. The molecule has 0 radical (unpaired) electrons. The molecule has 0 saturated carbocycles. The van der Waals surface area contributed by atoms with Crippen LogP contribution < -0.4 is 11.1 Å². The van der Waals surface area contributed by atoms with Crippen molar-refractivity contribution in [1.29, 1.82) is 0 Å². The Labute approximate surface area is 171 Å². The number of carbonyl (C=O) groups excluding carboxylic acids is 2. The highest BCUT2D eigenvalue weighted by Gasteiger charge is 2.23. The summed E-state index contributed by atoms with van der Waals surface area (Å²) in [6.07, 6.45) is 8.87. The van der Waals surface area contributed by atoms with Crippen LogP contribution in [0.15, 0.2) is 66.8 Å². The fraction of sp³-hybridized carbons (Fsp3) is 0.273. The molecule has 0 atom stereocenters. The van der Waals surface area contributed by atoms with Gasteiger partial charge >= 0.3 is 0 Å². The first kappa shape index (κ1) is 22.0. The second kappa shape index (κ2) is 10.3. The number of aliphatic hydroxyl groups excluding tert-OH is 1. The highest BCUT2D eigenvalue weighted by Crippen LogP contribution is 2.22. The minimum atomic E-state index is -0.298. The molecule has 7 heteroatoms. The van der Waals surface area contributed by atoms with E-state index in [0.717, 1.165) is 5.56 Å². The van der Waals surface area contributed by atoms with E-state index in [-0.39, 0.29) is 36.1 Å². The van der Waals surface area contributed by atoms with E-state index < -0.39 is 0 Å². The van der Waals surface area contributed by atoms with Gasteiger partial charge in [0.1, 0.15) is 0 Å². The van der Waals surface area contributed by atoms with E-state index in [4.69, 9.17) is 10.8 Å². The summed E-state index contributed by atoms with van der Waals surface area (Å²) in [5.41, 5.74) is 8.83. The molecule has 0 heterocycles. The number of hydrogen-bond acceptors (Lipinski definition) is 7. The Morgan fingerprint density at radius 3 is 2.62 bits per heavy atom. The standard InChI is InChI=1S/C22H28N4O3/c1-4-9-26(5-2)10-8-16-13-17(6-7-18(16)23)24-19-14-22(29)20(15-21(19)28)25(3)11-12-27/h4-7,9,13-15,24,27H,2,8,10-12,23H2,1,3H3/b9-4-. The smallest absolute Gasteiger partial charge is 0.204 e. The molecule has 1 aromatic rings. The summed E-state index contributed by atoms with van der Waals surface area (Å²) in [4.78, 5) is 28.3. The van der Waals surface area contributed by atoms with Crippen LogP contribution in [0.2, 0.25) is 0 Å². The minimum Gasteiger partial charge on any atom is -0.399 e. The van der Waals surface area contributed by atoms with E-state index in [1.165, 1.54) is 12.2 Å². The lowest BCUT2D eigenvalue weighted by Gasteiger charge is -2.22. The number of hydrogen-bond donors (Lipinski definition) is 3. The van der Waals surface area contributed by atoms with Gasteiger partial charge in [0.25, 0.3) is 0 Å². The van der Waals surface area contributed by atoms with Crippen molar-refractivity contribution in [3.63, 3.8) is 0 Å². The summed E-state index contributed by atoms with van der Waals surface area (Å²) >= 11 is 0. The van der Waals surface area contributed by atoms with Gasteiger partial charge in [0.05, 0.1) is 18.0 Å². The maximum absolute atomic E-state index is 12.4. The topological polar surface area (TPSA) is 98.9 Å². The van der Waals surface area contributed by atoms with Crippen molar-refractivity contribution in [2.24, 2.45) is 0 Å². The van der Waals surface area contributed by atoms with E-state index in [1.54, 1.807) is 30.3 Å². The Balaban J connectivity index is 2.13. The highest BCUT2D eigenvalue weighted by molar-refractivity contribution is 6.20. The van der Waals surface area contributed by atoms with Crippen LogP contribution in [-0.2, 0) is 16.0 Å². The van der Waals surface area contributed by atoms with Crippen molar-refractivity contribution >= 4 is 22.9 Å². The largest absolute Gasteiger partial charge is 0.399 e. The lowest BCUT2D eigenvalue weighted by molar-refractivity contribution is -0.116. The second-order valence-corrected chi connectivity index (χ2v) is 6.65. The SMILES string of the molecule is C=CN(/C=C\C)CCc1cc(NC2=CC(=O)C(N(C)CCO)=CC2=O)ccc1N. The van der Waals surface area contributed by atoms with Crippen LogP contribution in [0.1, 0.15) is 12.5 Å². The number of benzene rings is 1. The van der Waals surface area contributed by atoms with Gasteiger partial charge in [-0.15, -0.1) is 0 Å². The van der Waals surface area contributed by atoms with Crippen LogP contribution in [0.4, 0.5) is 11.4 Å². The predicted octanol–water partition coefficient (Wildman–Crippen LogP) is 2.05. The quantitative estimate of drug-likeness (QED) is 0.411. The van der Waals surface area contributed by atoms with E-state index in [9.17, 15) is 9.59 Å². The average Bonchev–Trinajstić information content (AvgIpc) is 2.69. The molecule has 0 saturated heterocycles. The Kier molecular flexibility index (Phi) is 7.79. The molecule has 4 N–H and O–H groups in total. The fourth-order valence-electron chi connectivity index (χ4n) is 2.94. The number of carbonyl (C=O) groups is 2. The third-order valence-electron chi connectivity index (χ3n) is 4.54. The van der Waals surface area contributed by atoms with E-state index in [2.05, 4.69) is 11.9 Å². The molecule has 2 rings (SSSR count). The molecule has 154 valence electrons. The zero-order valence-corrected chi connectivity index (χ0v) is 16.9. The predicted molar refractivity (Wildman–Crippen MR) is 116 cm³/mol. The summed E-state index contributed by atoms with van der Waals surface area (Å²) in [5, 5.41) is 12.0. The molecule has 0 aromatic heterocycles. The first-order valence-corrected chi connectivity index (χ1v) is 9.40. The minimum absolute atomic E-state index is 0.102. The van der Waals surface area contributed by atoms with Gasteiger partial charge in [-0.25, -0.2) is 0 Å². The van der Waals surface area contributed by atoms with E-state index >= 15 is 0 Å². The monoisotopic (exact) mass is 396 g/mol. The average molecular weight is 396 g/mol. The van der Waals surface area contributed by atoms with Crippen molar-refractivity contribution in [3.05, 3.63) is 72.4 Å². The maximum Gasteiger partial charge on any atom is 0.204 e. The molecule has 1 aliphatic carbocycles. The Bertz CT molecular complexity index is 871. The van der Waals surface area contributed by atoms with Crippen LogP contribution >= 0.6 is 0 Å². The molecule has 0 unspecified atom stereocenters. The van der Waals surface area contributed by atoms with Gasteiger partial charge in [-0.1, -0.05) is 12.7 Å². The number of nitrogens with two attached hydrogens (primary N) is 1. The summed E-state index contributed by atoms with van der Waals surface area (Å²) in [6, 6.07) is 5.42. The second-order valence-electron chi connectivity index (χ2n) is 6.65. The van der Waals surface area contributed by atoms with Crippen molar-refractivity contribution < 1.29 is 14.7 Å². The van der Waals surface area contributed by atoms with Crippen molar-refractivity contribution in [1.82, 2.24) is 9.80 Å². The molecule has 29 heavy (non-hydrogen) atoms. The Hall–Kier alpha value is -3.32. The maximum atomic E-state index is 12.4. The van der Waals surface area contributed by atoms with Gasteiger partial charge in [0.2, 0.25) is 11.6 Å². The summed E-state index contributed by atoms with van der Waals surface area (Å²) in [6.45, 7) is 6.61. The Morgan fingerprint density at radius 1 is 1.21 bits per heavy atom. The van der Waals surface area contributed by atoms with Crippen LogP contribution in [0.5, 0.6) is 0 Å². The lowest BCUT2D eigenvalue weighted by Crippen LogP contribution is -2.30. The van der Waals surface area contributed by atoms with Gasteiger partial charge in [-0.05, 0) is 49.5 Å². The molecule has 0 fully saturated rings. The molecule has 0 aliphatic heterocycles. The molecular weight excluding hydrogens is 368 g/mol. The third-order valence-corrected chi connectivity index (χ3v) is 4.54. The third kappa shape index (κ3) is 5.83. The van der Waals surface area contributed by atoms with Crippen molar-refractivity contribution in [3.8, 4) is 0 Å². The van der Waals surface area contributed by atoms with E-state index in [0.29, 0.717) is 24.3 Å². The number of allylic oxidation sites excluding steroid dienone is 3. The lowest BCUT2D eigenvalue weighted by atomic mass is 10.0. The zero-order valence-electron chi connectivity index (χ0n) is 16.9. The number of aliphatic hydroxyl groups is 1. The molecule has 0 bridgehead atoms. The number of anilines is 2. The zero-order chi connectivity index (χ0) is 21.4. The van der Waals surface area contributed by atoms with Crippen LogP contribution in [0.3, 0.4) is 0 Å². The summed E-state index contributed by atoms with van der Waals surface area (Å²) in [7, 11) is 1.66. The van der Waals surface area contributed by atoms with Gasteiger partial charge in [-0.2, -0.15) is 0 Å². The summed E-state index contributed by atoms with van der Waals surface area (Å²) < 4.78 is 0. The number of nitrogens with one attached hydrogen (secondary N) is 1. The van der Waals surface area contributed by atoms with Crippen LogP contribution in [0, 0.1) is 0 Å². The molecular formula is C22H28N4O3. The number of rotatable bonds is 10. The van der Waals surface area contributed by atoms with Crippen LogP contribution in [0.25, 0.3) is 0 Å². The van der Waals surface area contributed by atoms with Gasteiger partial charge in [0, 0.05) is 43.7 Å². The van der Waals surface area contributed by atoms with Gasteiger partial charge in [0.15, 0.2) is 0 Å². The van der Waals surface area contributed by atoms with Crippen molar-refractivity contribution in [2.75, 3.05) is 37.8 Å².